The Hall–Kier alpha value is -1.23. The lowest BCUT2D eigenvalue weighted by atomic mass is 10.1. The van der Waals surface area contributed by atoms with E-state index < -0.39 is 15.1 Å². The Balaban J connectivity index is 2.10. The molecule has 18 heavy (non-hydrogen) atoms. The number of pyridine rings is 1. The maximum Gasteiger partial charge on any atom is 0.160 e. The molecule has 1 saturated heterocycles. The van der Waals surface area contributed by atoms with E-state index in [9.17, 15) is 13.2 Å². The summed E-state index contributed by atoms with van der Waals surface area (Å²) < 4.78 is 23.7. The quantitative estimate of drug-likeness (QED) is 0.832. The highest BCUT2D eigenvalue weighted by Crippen LogP contribution is 2.21. The molecule has 1 atom stereocenters. The van der Waals surface area contributed by atoms with Crippen LogP contribution >= 0.6 is 0 Å². The van der Waals surface area contributed by atoms with Crippen LogP contribution < -0.4 is 0 Å². The molecule has 98 valence electrons. The molecule has 0 saturated carbocycles. The third-order valence-corrected chi connectivity index (χ3v) is 5.49. The molecule has 0 aromatic carbocycles. The third-order valence-electron chi connectivity index (χ3n) is 3.27. The molecular weight excluding hydrogens is 250 g/mol. The van der Waals surface area contributed by atoms with Crippen LogP contribution in [0.4, 0.5) is 0 Å². The maximum atomic E-state index is 12.0. The first-order valence-corrected chi connectivity index (χ1v) is 7.86. The second-order valence-electron chi connectivity index (χ2n) is 4.82. The summed E-state index contributed by atoms with van der Waals surface area (Å²) in [6.45, 7) is 1.92. The Labute approximate surface area is 107 Å². The molecule has 2 rings (SSSR count). The molecule has 1 unspecified atom stereocenters. The van der Waals surface area contributed by atoms with Crippen molar-refractivity contribution in [1.82, 2.24) is 4.98 Å². The molecule has 2 heterocycles. The van der Waals surface area contributed by atoms with E-state index in [0.717, 1.165) is 12.0 Å². The van der Waals surface area contributed by atoms with Gasteiger partial charge in [0.2, 0.25) is 0 Å². The summed E-state index contributed by atoms with van der Waals surface area (Å²) in [7, 11) is -3.23. The number of aromatic nitrogens is 1. The number of Topliss-reactive ketones (excluding diaryl/α,β-unsaturated/α-hetero) is 1. The first-order valence-electron chi connectivity index (χ1n) is 6.15. The number of carbonyl (C=O) groups excluding carboxylic acids is 1. The Kier molecular flexibility index (Phi) is 3.80. The lowest BCUT2D eigenvalue weighted by molar-refractivity contribution is -0.118. The number of aryl methyl sites for hydroxylation is 1. The lowest BCUT2D eigenvalue weighted by Crippen LogP contribution is -2.36. The molecule has 0 radical (unpaired) electrons. The first kappa shape index (κ1) is 13.2. The number of hydrogen-bond donors (Lipinski definition) is 0. The highest BCUT2D eigenvalue weighted by atomic mass is 32.2. The molecule has 5 heteroatoms. The van der Waals surface area contributed by atoms with Gasteiger partial charge in [0.05, 0.1) is 12.2 Å². The van der Waals surface area contributed by atoms with Crippen molar-refractivity contribution < 1.29 is 13.2 Å². The smallest absolute Gasteiger partial charge is 0.160 e. The highest BCUT2D eigenvalue weighted by Gasteiger charge is 2.34. The van der Waals surface area contributed by atoms with E-state index in [1.807, 2.05) is 13.0 Å². The Morgan fingerprint density at radius 3 is 2.78 bits per heavy atom. The van der Waals surface area contributed by atoms with Crippen molar-refractivity contribution in [3.05, 3.63) is 29.6 Å². The summed E-state index contributed by atoms with van der Waals surface area (Å²) in [5, 5.41) is -0.811. The third kappa shape index (κ3) is 2.96. The molecule has 1 aliphatic rings. The van der Waals surface area contributed by atoms with Gasteiger partial charge in [0.1, 0.15) is 5.25 Å². The van der Waals surface area contributed by atoms with Crippen molar-refractivity contribution in [3.8, 4) is 0 Å². The van der Waals surface area contributed by atoms with Crippen molar-refractivity contribution in [1.29, 1.82) is 0 Å². The van der Waals surface area contributed by atoms with Crippen LogP contribution in [0.15, 0.2) is 18.3 Å². The van der Waals surface area contributed by atoms with Crippen molar-refractivity contribution in [3.63, 3.8) is 0 Å². The Morgan fingerprint density at radius 1 is 1.39 bits per heavy atom. The monoisotopic (exact) mass is 267 g/mol. The molecular formula is C13H17NO3S. The van der Waals surface area contributed by atoms with E-state index in [1.165, 1.54) is 0 Å². The second-order valence-corrected chi connectivity index (χ2v) is 7.12. The fourth-order valence-electron chi connectivity index (χ4n) is 2.21. The number of sulfone groups is 1. The Morgan fingerprint density at radius 2 is 2.17 bits per heavy atom. The summed E-state index contributed by atoms with van der Waals surface area (Å²) in [4.78, 5) is 16.2. The average molecular weight is 267 g/mol. The van der Waals surface area contributed by atoms with Crippen LogP contribution in [0.3, 0.4) is 0 Å². The number of carbonyl (C=O) groups is 1. The zero-order valence-corrected chi connectivity index (χ0v) is 11.2. The van der Waals surface area contributed by atoms with Crippen molar-refractivity contribution in [2.24, 2.45) is 0 Å². The molecule has 1 aromatic rings. The summed E-state index contributed by atoms with van der Waals surface area (Å²) in [5.41, 5.74) is 1.67. The first-order chi connectivity index (χ1) is 8.49. The molecule has 0 N–H and O–H groups in total. The minimum atomic E-state index is -3.23. The summed E-state index contributed by atoms with van der Waals surface area (Å²) >= 11 is 0. The van der Waals surface area contributed by atoms with E-state index in [4.69, 9.17) is 0 Å². The van der Waals surface area contributed by atoms with Crippen LogP contribution in [0.5, 0.6) is 0 Å². The van der Waals surface area contributed by atoms with Gasteiger partial charge in [0.15, 0.2) is 15.6 Å². The van der Waals surface area contributed by atoms with Crippen molar-refractivity contribution >= 4 is 15.6 Å². The molecule has 1 fully saturated rings. The van der Waals surface area contributed by atoms with Gasteiger partial charge in [0.25, 0.3) is 0 Å². The predicted molar refractivity (Wildman–Crippen MR) is 69.1 cm³/mol. The fourth-order valence-corrected chi connectivity index (χ4v) is 4.11. The van der Waals surface area contributed by atoms with Gasteiger partial charge in [-0.05, 0) is 31.4 Å². The van der Waals surface area contributed by atoms with E-state index >= 15 is 0 Å². The van der Waals surface area contributed by atoms with E-state index in [0.29, 0.717) is 18.5 Å². The highest BCUT2D eigenvalue weighted by molar-refractivity contribution is 7.92. The largest absolute Gasteiger partial charge is 0.298 e. The normalized spacial score (nSPS) is 22.6. The maximum absolute atomic E-state index is 12.0. The molecule has 4 nitrogen and oxygen atoms in total. The number of hydrogen-bond acceptors (Lipinski definition) is 4. The zero-order chi connectivity index (χ0) is 13.2. The molecule has 0 aliphatic carbocycles. The van der Waals surface area contributed by atoms with Crippen LogP contribution in [-0.2, 0) is 21.1 Å². The zero-order valence-electron chi connectivity index (χ0n) is 10.4. The predicted octanol–water partition coefficient (Wildman–Crippen LogP) is 1.47. The van der Waals surface area contributed by atoms with Crippen molar-refractivity contribution in [2.45, 2.75) is 37.9 Å². The van der Waals surface area contributed by atoms with Gasteiger partial charge in [-0.2, -0.15) is 0 Å². The summed E-state index contributed by atoms with van der Waals surface area (Å²) in [6, 6.07) is 3.66. The number of ketones is 1. The molecule has 0 bridgehead atoms. The summed E-state index contributed by atoms with van der Waals surface area (Å²) in [6.07, 6.45) is 3.76. The molecule has 0 amide bonds. The van der Waals surface area contributed by atoms with Gasteiger partial charge in [-0.25, -0.2) is 8.42 Å². The average Bonchev–Trinajstić information content (AvgIpc) is 2.31. The van der Waals surface area contributed by atoms with E-state index in [2.05, 4.69) is 4.98 Å². The molecule has 1 aromatic heterocycles. The lowest BCUT2D eigenvalue weighted by Gasteiger charge is -2.20. The topological polar surface area (TPSA) is 64.1 Å². The van der Waals surface area contributed by atoms with Gasteiger partial charge in [-0.3, -0.25) is 9.78 Å². The standard InChI is InChI=1S/C13H17NO3S/c1-10-5-6-11(14-9-10)8-12(15)13-4-2-3-7-18(13,16)17/h5-6,9,13H,2-4,7-8H2,1H3. The van der Waals surface area contributed by atoms with Crippen LogP contribution in [0.1, 0.15) is 30.5 Å². The number of nitrogens with zero attached hydrogens (tertiary/aromatic N) is 1. The SMILES string of the molecule is Cc1ccc(CC(=O)C2CCCCS2(=O)=O)nc1. The van der Waals surface area contributed by atoms with Crippen LogP contribution in [0.2, 0.25) is 0 Å². The Bertz CT molecular complexity index is 534. The molecule has 0 spiro atoms. The van der Waals surface area contributed by atoms with E-state index in [-0.39, 0.29) is 18.0 Å². The van der Waals surface area contributed by atoms with Gasteiger partial charge in [-0.1, -0.05) is 12.5 Å². The van der Waals surface area contributed by atoms with Gasteiger partial charge >= 0.3 is 0 Å². The fraction of sp³-hybridized carbons (Fsp3) is 0.538. The van der Waals surface area contributed by atoms with Gasteiger partial charge < -0.3 is 0 Å². The van der Waals surface area contributed by atoms with Crippen molar-refractivity contribution in [2.75, 3.05) is 5.75 Å². The van der Waals surface area contributed by atoms with Gasteiger partial charge in [0, 0.05) is 11.9 Å². The minimum Gasteiger partial charge on any atom is -0.298 e. The van der Waals surface area contributed by atoms with Crippen LogP contribution in [-0.4, -0.2) is 30.2 Å². The van der Waals surface area contributed by atoms with Gasteiger partial charge in [-0.15, -0.1) is 0 Å². The van der Waals surface area contributed by atoms with E-state index in [1.54, 1.807) is 12.3 Å². The summed E-state index contributed by atoms with van der Waals surface area (Å²) in [5.74, 6) is -0.0730. The van der Waals surface area contributed by atoms with Crippen LogP contribution in [0, 0.1) is 6.92 Å². The number of rotatable bonds is 3. The second kappa shape index (κ2) is 5.18. The molecule has 1 aliphatic heterocycles. The minimum absolute atomic E-state index is 0.115. The van der Waals surface area contributed by atoms with Crippen LogP contribution in [0.25, 0.3) is 0 Å².